The molecule has 0 aliphatic rings. The number of aromatic nitrogens is 2. The van der Waals surface area contributed by atoms with Crippen LogP contribution in [0.5, 0.6) is 17.2 Å². The number of hydrogen-bond donors (Lipinski definition) is 2. The van der Waals surface area contributed by atoms with Crippen LogP contribution in [0.15, 0.2) is 36.4 Å². The van der Waals surface area contributed by atoms with Crippen molar-refractivity contribution in [3.63, 3.8) is 0 Å². The Balaban J connectivity index is 1.84. The Kier molecular flexibility index (Phi) is 4.56. The van der Waals surface area contributed by atoms with Crippen LogP contribution in [0.4, 0.5) is 4.79 Å². The molecule has 0 saturated carbocycles. The molecule has 0 aliphatic carbocycles. The zero-order chi connectivity index (χ0) is 17.8. The number of fused-ring (bicyclic) bond motifs is 1. The average Bonchev–Trinajstić information content (AvgIpc) is 3.01. The smallest absolute Gasteiger partial charge is 0.493 e. The molecule has 0 amide bonds. The van der Waals surface area contributed by atoms with Gasteiger partial charge in [-0.25, -0.2) is 9.78 Å². The van der Waals surface area contributed by atoms with Crippen LogP contribution in [0.2, 0.25) is 0 Å². The fourth-order valence-electron chi connectivity index (χ4n) is 2.38. The lowest BCUT2D eigenvalue weighted by Crippen LogP contribution is -2.02. The number of methoxy groups -OCH3 is 2. The van der Waals surface area contributed by atoms with Gasteiger partial charge in [0.25, 0.3) is 0 Å². The Bertz CT molecular complexity index is 946. The van der Waals surface area contributed by atoms with Crippen molar-refractivity contribution in [1.29, 1.82) is 0 Å². The summed E-state index contributed by atoms with van der Waals surface area (Å²) in [6, 6.07) is 10.4. The molecule has 7 nitrogen and oxygen atoms in total. The molecule has 2 aromatic carbocycles. The highest BCUT2D eigenvalue weighted by Gasteiger charge is 2.06. The van der Waals surface area contributed by atoms with Gasteiger partial charge in [0.05, 0.1) is 25.3 Å². The molecule has 0 radical (unpaired) electrons. The molecule has 1 heterocycles. The second-order valence-electron chi connectivity index (χ2n) is 5.12. The van der Waals surface area contributed by atoms with Gasteiger partial charge in [0.15, 0.2) is 11.5 Å². The van der Waals surface area contributed by atoms with Gasteiger partial charge in [-0.2, -0.15) is 0 Å². The average molecular weight is 340 g/mol. The third-order valence-corrected chi connectivity index (χ3v) is 3.52. The van der Waals surface area contributed by atoms with Gasteiger partial charge in [-0.15, -0.1) is 0 Å². The highest BCUT2D eigenvalue weighted by atomic mass is 16.7. The molecule has 0 fully saturated rings. The van der Waals surface area contributed by atoms with E-state index in [1.165, 1.54) is 0 Å². The van der Waals surface area contributed by atoms with Crippen molar-refractivity contribution in [2.75, 3.05) is 14.2 Å². The van der Waals surface area contributed by atoms with Crippen molar-refractivity contribution in [2.24, 2.45) is 0 Å². The maximum Gasteiger partial charge on any atom is 0.511 e. The molecular weight excluding hydrogens is 324 g/mol. The van der Waals surface area contributed by atoms with Crippen LogP contribution in [-0.4, -0.2) is 35.4 Å². The first-order valence-corrected chi connectivity index (χ1v) is 7.39. The number of hydrogen-bond acceptors (Lipinski definition) is 5. The van der Waals surface area contributed by atoms with E-state index >= 15 is 0 Å². The topological polar surface area (TPSA) is 93.7 Å². The molecule has 3 aromatic rings. The van der Waals surface area contributed by atoms with Gasteiger partial charge >= 0.3 is 6.16 Å². The summed E-state index contributed by atoms with van der Waals surface area (Å²) in [5, 5.41) is 8.66. The van der Waals surface area contributed by atoms with Crippen molar-refractivity contribution >= 4 is 29.3 Å². The van der Waals surface area contributed by atoms with Gasteiger partial charge in [0.2, 0.25) is 0 Å². The minimum atomic E-state index is -1.35. The third-order valence-electron chi connectivity index (χ3n) is 3.52. The lowest BCUT2D eigenvalue weighted by atomic mass is 10.2. The van der Waals surface area contributed by atoms with Crippen LogP contribution in [-0.2, 0) is 0 Å². The number of nitrogens with one attached hydrogen (secondary N) is 1. The fourth-order valence-corrected chi connectivity index (χ4v) is 2.38. The molecule has 1 aromatic heterocycles. The highest BCUT2D eigenvalue weighted by Crippen LogP contribution is 2.28. The van der Waals surface area contributed by atoms with Gasteiger partial charge < -0.3 is 24.3 Å². The van der Waals surface area contributed by atoms with Crippen molar-refractivity contribution in [3.8, 4) is 17.2 Å². The zero-order valence-corrected chi connectivity index (χ0v) is 13.6. The van der Waals surface area contributed by atoms with E-state index in [0.717, 1.165) is 5.56 Å². The van der Waals surface area contributed by atoms with Gasteiger partial charge in [0.1, 0.15) is 11.6 Å². The molecule has 0 atom stereocenters. The van der Waals surface area contributed by atoms with Crippen LogP contribution in [0.25, 0.3) is 23.2 Å². The number of carboxylic acid groups (broad SMARTS) is 1. The van der Waals surface area contributed by atoms with Crippen LogP contribution in [0.1, 0.15) is 11.4 Å². The molecule has 3 rings (SSSR count). The Morgan fingerprint density at radius 1 is 1.08 bits per heavy atom. The summed E-state index contributed by atoms with van der Waals surface area (Å²) in [7, 11) is 3.17. The maximum atomic E-state index is 10.6. The quantitative estimate of drug-likeness (QED) is 0.542. The molecule has 0 aliphatic heterocycles. The first kappa shape index (κ1) is 16.4. The number of ether oxygens (including phenoxy) is 3. The SMILES string of the molecule is COc1ccc(/C=C/c2nc3ccc(OC(=O)O)cc3[nH]2)cc1OC. The largest absolute Gasteiger partial charge is 0.511 e. The monoisotopic (exact) mass is 340 g/mol. The summed E-state index contributed by atoms with van der Waals surface area (Å²) in [6.07, 6.45) is 2.35. The first-order chi connectivity index (χ1) is 12.1. The molecule has 25 heavy (non-hydrogen) atoms. The minimum absolute atomic E-state index is 0.235. The van der Waals surface area contributed by atoms with Gasteiger partial charge in [-0.1, -0.05) is 12.1 Å². The Hall–Kier alpha value is -3.48. The van der Waals surface area contributed by atoms with Crippen LogP contribution in [0.3, 0.4) is 0 Å². The Morgan fingerprint density at radius 3 is 2.60 bits per heavy atom. The second kappa shape index (κ2) is 6.96. The lowest BCUT2D eigenvalue weighted by Gasteiger charge is -2.07. The maximum absolute atomic E-state index is 10.6. The lowest BCUT2D eigenvalue weighted by molar-refractivity contribution is 0.144. The van der Waals surface area contributed by atoms with Gasteiger partial charge in [-0.05, 0) is 35.9 Å². The summed E-state index contributed by atoms with van der Waals surface area (Å²) in [5.41, 5.74) is 2.32. The summed E-state index contributed by atoms with van der Waals surface area (Å²) in [6.45, 7) is 0. The number of H-pyrrole nitrogens is 1. The van der Waals surface area contributed by atoms with Gasteiger partial charge in [-0.3, -0.25) is 0 Å². The predicted octanol–water partition coefficient (Wildman–Crippen LogP) is 3.81. The molecule has 7 heteroatoms. The molecule has 128 valence electrons. The Labute approximate surface area is 143 Å². The highest BCUT2D eigenvalue weighted by molar-refractivity contribution is 5.80. The predicted molar refractivity (Wildman–Crippen MR) is 93.2 cm³/mol. The normalized spacial score (nSPS) is 11.0. The van der Waals surface area contributed by atoms with Gasteiger partial charge in [0, 0.05) is 6.07 Å². The zero-order valence-electron chi connectivity index (χ0n) is 13.6. The first-order valence-electron chi connectivity index (χ1n) is 7.39. The van der Waals surface area contributed by atoms with E-state index in [4.69, 9.17) is 14.6 Å². The van der Waals surface area contributed by atoms with Crippen LogP contribution in [0, 0.1) is 0 Å². The van der Waals surface area contributed by atoms with E-state index in [2.05, 4.69) is 14.7 Å². The standard InChI is InChI=1S/C18H16N2O5/c1-23-15-7-3-11(9-16(15)24-2)4-8-17-19-13-6-5-12(25-18(21)22)10-14(13)20-17/h3-10H,1-2H3,(H,19,20)(H,21,22)/b8-4+. The van der Waals surface area contributed by atoms with Crippen molar-refractivity contribution < 1.29 is 24.1 Å². The molecular formula is C18H16N2O5. The summed E-state index contributed by atoms with van der Waals surface area (Å²) < 4.78 is 15.1. The molecule has 0 spiro atoms. The second-order valence-corrected chi connectivity index (χ2v) is 5.12. The number of imidazole rings is 1. The van der Waals surface area contributed by atoms with E-state index in [1.54, 1.807) is 32.4 Å². The van der Waals surface area contributed by atoms with Crippen LogP contribution >= 0.6 is 0 Å². The molecule has 2 N–H and O–H groups in total. The molecule has 0 unspecified atom stereocenters. The van der Waals surface area contributed by atoms with Crippen molar-refractivity contribution in [1.82, 2.24) is 9.97 Å². The number of benzene rings is 2. The number of nitrogens with zero attached hydrogens (tertiary/aromatic N) is 1. The van der Waals surface area contributed by atoms with E-state index in [0.29, 0.717) is 28.4 Å². The Morgan fingerprint density at radius 2 is 1.88 bits per heavy atom. The summed E-state index contributed by atoms with van der Waals surface area (Å²) >= 11 is 0. The van der Waals surface area contributed by atoms with E-state index in [1.807, 2.05) is 30.4 Å². The molecule has 0 bridgehead atoms. The number of aromatic amines is 1. The van der Waals surface area contributed by atoms with Crippen molar-refractivity contribution in [2.45, 2.75) is 0 Å². The summed E-state index contributed by atoms with van der Waals surface area (Å²) in [4.78, 5) is 18.1. The van der Waals surface area contributed by atoms with E-state index in [-0.39, 0.29) is 5.75 Å². The van der Waals surface area contributed by atoms with E-state index < -0.39 is 6.16 Å². The molecule has 0 saturated heterocycles. The fraction of sp³-hybridized carbons (Fsp3) is 0.111. The van der Waals surface area contributed by atoms with Crippen molar-refractivity contribution in [3.05, 3.63) is 47.8 Å². The van der Waals surface area contributed by atoms with E-state index in [9.17, 15) is 4.79 Å². The van der Waals surface area contributed by atoms with Crippen LogP contribution < -0.4 is 14.2 Å². The number of rotatable bonds is 5. The summed E-state index contributed by atoms with van der Waals surface area (Å²) in [5.74, 6) is 2.18. The third kappa shape index (κ3) is 3.72. The number of carbonyl (C=O) groups is 1. The minimum Gasteiger partial charge on any atom is -0.493 e.